The summed E-state index contributed by atoms with van der Waals surface area (Å²) in [5.74, 6) is 0.0509. The average molecular weight is 843 g/mol. The van der Waals surface area contributed by atoms with Gasteiger partial charge in [0.15, 0.2) is 11.5 Å². The molecule has 0 fully saturated rings. The largest absolute Gasteiger partial charge is 0.508 e. The van der Waals surface area contributed by atoms with E-state index >= 15 is 0 Å². The van der Waals surface area contributed by atoms with Gasteiger partial charge >= 0.3 is 0 Å². The van der Waals surface area contributed by atoms with Crippen LogP contribution in [-0.4, -0.2) is 65.3 Å². The fraction of sp³-hybridized carbons (Fsp3) is 0.366. The number of aliphatic hydroxyl groups excluding tert-OH is 2. The van der Waals surface area contributed by atoms with E-state index in [2.05, 4.69) is 29.8 Å². The molecular weight excluding hydrogens is 799 g/mol. The second-order valence-corrected chi connectivity index (χ2v) is 15.3. The van der Waals surface area contributed by atoms with Gasteiger partial charge < -0.3 is 39.7 Å². The van der Waals surface area contributed by atoms with Gasteiger partial charge in [0, 0.05) is 51.7 Å². The van der Waals surface area contributed by atoms with Crippen molar-refractivity contribution in [2.24, 2.45) is 0 Å². The second-order valence-electron chi connectivity index (χ2n) is 13.6. The van der Waals surface area contributed by atoms with Crippen LogP contribution in [0.15, 0.2) is 71.2 Å². The van der Waals surface area contributed by atoms with Gasteiger partial charge in [0.2, 0.25) is 18.6 Å². The predicted molar refractivity (Wildman–Crippen MR) is 212 cm³/mol. The van der Waals surface area contributed by atoms with Crippen LogP contribution < -0.4 is 19.3 Å². The molecule has 4 N–H and O–H groups in total. The highest BCUT2D eigenvalue weighted by molar-refractivity contribution is 9.10. The summed E-state index contributed by atoms with van der Waals surface area (Å²) in [4.78, 5) is 30.5. The van der Waals surface area contributed by atoms with Crippen LogP contribution in [0.3, 0.4) is 0 Å². The monoisotopic (exact) mass is 840 g/mol. The normalized spacial score (nSPS) is 19.5. The fourth-order valence-electron chi connectivity index (χ4n) is 7.75. The third-order valence-electron chi connectivity index (χ3n) is 10.5. The number of amides is 2. The van der Waals surface area contributed by atoms with Crippen molar-refractivity contribution in [2.45, 2.75) is 63.2 Å². The Balaban J connectivity index is 0.000000186. The third-order valence-corrected chi connectivity index (χ3v) is 11.8. The van der Waals surface area contributed by atoms with E-state index in [1.165, 1.54) is 12.1 Å². The minimum absolute atomic E-state index is 0.00184. The molecule has 3 aliphatic heterocycles. The molecule has 3 aliphatic rings. The van der Waals surface area contributed by atoms with Crippen LogP contribution in [0.5, 0.6) is 23.0 Å². The lowest BCUT2D eigenvalue weighted by Crippen LogP contribution is -2.44. The number of hydrogen-bond donors (Lipinski definition) is 4. The Bertz CT molecular complexity index is 2060. The van der Waals surface area contributed by atoms with Crippen molar-refractivity contribution in [3.05, 3.63) is 104 Å². The zero-order chi connectivity index (χ0) is 38.8. The summed E-state index contributed by atoms with van der Waals surface area (Å²) in [6.07, 6.45) is 5.79. The number of anilines is 2. The molecule has 7 rings (SSSR count). The zero-order valence-electron chi connectivity index (χ0n) is 30.1. The SMILES string of the molecule is CCCCCN1C(=O)C(CO)(c2cc3c(cc2O)OCO3)c2c1ccc(Cl)c2Cl.CCCCCN1C(=O)C(CO)(c2ccc(Br)cc2O)c2ccccc21. The molecule has 2 unspecified atom stereocenters. The summed E-state index contributed by atoms with van der Waals surface area (Å²) in [6, 6.07) is 18.9. The first-order valence-electron chi connectivity index (χ1n) is 18.1. The molecule has 0 radical (unpaired) electrons. The van der Waals surface area contributed by atoms with Gasteiger partial charge in [0.25, 0.3) is 0 Å². The maximum atomic E-state index is 13.7. The van der Waals surface area contributed by atoms with E-state index in [1.807, 2.05) is 24.3 Å². The van der Waals surface area contributed by atoms with Crippen molar-refractivity contribution >= 4 is 62.3 Å². The number of aliphatic hydroxyl groups is 2. The van der Waals surface area contributed by atoms with E-state index < -0.39 is 17.4 Å². The Morgan fingerprint density at radius 1 is 0.704 bits per heavy atom. The number of rotatable bonds is 12. The number of phenolic OH excluding ortho intramolecular Hbond substituents is 2. The molecule has 0 aliphatic carbocycles. The van der Waals surface area contributed by atoms with Crippen molar-refractivity contribution in [2.75, 3.05) is 42.9 Å². The number of phenols is 2. The van der Waals surface area contributed by atoms with Crippen molar-refractivity contribution < 1.29 is 39.5 Å². The molecule has 0 bridgehead atoms. The number of benzene rings is 4. The van der Waals surface area contributed by atoms with Gasteiger partial charge in [0.05, 0.1) is 23.3 Å². The van der Waals surface area contributed by atoms with Crippen LogP contribution >= 0.6 is 39.1 Å². The summed E-state index contributed by atoms with van der Waals surface area (Å²) in [7, 11) is 0. The molecular formula is C41H43BrCl2N2O8. The van der Waals surface area contributed by atoms with E-state index in [0.717, 1.165) is 54.2 Å². The average Bonchev–Trinajstić information content (AvgIpc) is 3.79. The Morgan fingerprint density at radius 2 is 1.30 bits per heavy atom. The lowest BCUT2D eigenvalue weighted by molar-refractivity contribution is -0.123. The predicted octanol–water partition coefficient (Wildman–Crippen LogP) is 8.21. The van der Waals surface area contributed by atoms with E-state index in [-0.39, 0.29) is 52.3 Å². The lowest BCUT2D eigenvalue weighted by atomic mass is 9.75. The molecule has 0 spiro atoms. The highest BCUT2D eigenvalue weighted by Gasteiger charge is 2.55. The van der Waals surface area contributed by atoms with Crippen molar-refractivity contribution in [1.29, 1.82) is 0 Å². The molecule has 286 valence electrons. The first kappa shape index (κ1) is 39.7. The van der Waals surface area contributed by atoms with Gasteiger partial charge in [-0.1, -0.05) is 103 Å². The molecule has 0 saturated carbocycles. The van der Waals surface area contributed by atoms with Gasteiger partial charge in [-0.2, -0.15) is 0 Å². The van der Waals surface area contributed by atoms with Crippen LogP contribution in [-0.2, 0) is 20.4 Å². The number of aromatic hydroxyl groups is 2. The first-order valence-corrected chi connectivity index (χ1v) is 19.6. The molecule has 10 nitrogen and oxygen atoms in total. The zero-order valence-corrected chi connectivity index (χ0v) is 33.2. The van der Waals surface area contributed by atoms with Gasteiger partial charge in [0.1, 0.15) is 22.3 Å². The van der Waals surface area contributed by atoms with E-state index in [0.29, 0.717) is 41.4 Å². The molecule has 54 heavy (non-hydrogen) atoms. The lowest BCUT2D eigenvalue weighted by Gasteiger charge is -2.28. The number of carbonyl (C=O) groups is 2. The van der Waals surface area contributed by atoms with Gasteiger partial charge in [-0.05, 0) is 54.8 Å². The quantitative estimate of drug-likeness (QED) is 0.105. The van der Waals surface area contributed by atoms with Crippen molar-refractivity contribution in [3.8, 4) is 23.0 Å². The van der Waals surface area contributed by atoms with Crippen molar-refractivity contribution in [3.63, 3.8) is 0 Å². The van der Waals surface area contributed by atoms with Crippen LogP contribution in [0.4, 0.5) is 11.4 Å². The Hall–Kier alpha value is -4.00. The highest BCUT2D eigenvalue weighted by Crippen LogP contribution is 2.55. The van der Waals surface area contributed by atoms with Gasteiger partial charge in [-0.25, -0.2) is 0 Å². The molecule has 4 aromatic carbocycles. The molecule has 4 aromatic rings. The standard InChI is InChI=1S/C21H21Cl2NO5.C20H22BrNO3/c1-2-3-4-7-24-14-6-5-13(22)19(23)18(14)21(10-25,20(24)27)12-8-16-17(9-15(12)26)29-11-28-16;1-2-3-6-11-22-17-8-5-4-7-15(17)20(13-23,19(22)25)16-10-9-14(21)12-18(16)24/h5-6,8-9,25-26H,2-4,7,10-11H2,1H3;4-5,7-10,12,23-24H,2-3,6,11,13H2,1H3. The molecule has 0 aromatic heterocycles. The number of unbranched alkanes of at least 4 members (excludes halogenated alkanes) is 4. The van der Waals surface area contributed by atoms with E-state index in [1.54, 1.807) is 40.1 Å². The van der Waals surface area contributed by atoms with Gasteiger partial charge in [-0.3, -0.25) is 9.59 Å². The third kappa shape index (κ3) is 6.57. The number of para-hydroxylation sites is 1. The summed E-state index contributed by atoms with van der Waals surface area (Å²) in [6.45, 7) is 4.34. The smallest absolute Gasteiger partial charge is 0.244 e. The Kier molecular flexibility index (Phi) is 12.0. The van der Waals surface area contributed by atoms with Crippen LogP contribution in [0.1, 0.15) is 74.6 Å². The van der Waals surface area contributed by atoms with Gasteiger partial charge in [-0.15, -0.1) is 0 Å². The Labute approximate surface area is 333 Å². The molecule has 3 heterocycles. The first-order chi connectivity index (χ1) is 26.0. The van der Waals surface area contributed by atoms with Crippen LogP contribution in [0, 0.1) is 0 Å². The van der Waals surface area contributed by atoms with Crippen molar-refractivity contribution in [1.82, 2.24) is 0 Å². The number of carbonyl (C=O) groups excluding carboxylic acids is 2. The second kappa shape index (κ2) is 16.4. The minimum atomic E-state index is -1.59. The number of ether oxygens (including phenoxy) is 2. The topological polar surface area (TPSA) is 140 Å². The number of halogens is 3. The highest BCUT2D eigenvalue weighted by atomic mass is 79.9. The van der Waals surface area contributed by atoms with E-state index in [9.17, 15) is 30.0 Å². The maximum Gasteiger partial charge on any atom is 0.244 e. The number of nitrogens with zero attached hydrogens (tertiary/aromatic N) is 2. The summed E-state index contributed by atoms with van der Waals surface area (Å²) in [5, 5.41) is 42.5. The van der Waals surface area contributed by atoms with Crippen LogP contribution in [0.2, 0.25) is 10.0 Å². The number of fused-ring (bicyclic) bond motifs is 3. The minimum Gasteiger partial charge on any atom is -0.508 e. The maximum absolute atomic E-state index is 13.7. The Morgan fingerprint density at radius 3 is 1.93 bits per heavy atom. The fourth-order valence-corrected chi connectivity index (χ4v) is 8.57. The summed E-state index contributed by atoms with van der Waals surface area (Å²) in [5.41, 5.74) is 0.349. The summed E-state index contributed by atoms with van der Waals surface area (Å²) < 4.78 is 11.5. The molecule has 2 amide bonds. The van der Waals surface area contributed by atoms with Crippen LogP contribution in [0.25, 0.3) is 0 Å². The summed E-state index contributed by atoms with van der Waals surface area (Å²) >= 11 is 16.2. The molecule has 0 saturated heterocycles. The number of hydrogen-bond acceptors (Lipinski definition) is 8. The molecule has 2 atom stereocenters. The molecule has 13 heteroatoms. The van der Waals surface area contributed by atoms with E-state index in [4.69, 9.17) is 32.7 Å².